The monoisotopic (exact) mass is 497 g/mol. The van der Waals surface area contributed by atoms with E-state index in [4.69, 9.17) is 23.2 Å². The maximum absolute atomic E-state index is 12.9. The van der Waals surface area contributed by atoms with Gasteiger partial charge < -0.3 is 10.1 Å². The predicted octanol–water partition coefficient (Wildman–Crippen LogP) is 6.86. The average Bonchev–Trinajstić information content (AvgIpc) is 3.17. The second-order valence-electron chi connectivity index (χ2n) is 6.54. The molecule has 0 aliphatic heterocycles. The van der Waals surface area contributed by atoms with Crippen molar-refractivity contribution in [2.24, 2.45) is 0 Å². The maximum atomic E-state index is 12.9. The number of carbonyl (C=O) groups excluding carboxylic acids is 1. The molecular weight excluding hydrogens is 486 g/mol. The summed E-state index contributed by atoms with van der Waals surface area (Å²) in [5.74, 6) is -1.00. The van der Waals surface area contributed by atoms with Crippen molar-refractivity contribution in [2.75, 3.05) is 11.9 Å². The van der Waals surface area contributed by atoms with Crippen LogP contribution in [0, 0.1) is 0 Å². The number of hydrogen-bond donors (Lipinski definition) is 1. The lowest BCUT2D eigenvalue weighted by Crippen LogP contribution is -2.20. The number of thiophene rings is 1. The van der Waals surface area contributed by atoms with Crippen LogP contribution < -0.4 is 10.1 Å². The number of anilines is 1. The number of aromatic nitrogens is 2. The Labute approximate surface area is 193 Å². The molecule has 0 spiro atoms. The van der Waals surface area contributed by atoms with Gasteiger partial charge in [-0.05, 0) is 35.7 Å². The number of hydrogen-bond acceptors (Lipinski definition) is 5. The highest BCUT2D eigenvalue weighted by atomic mass is 35.5. The highest BCUT2D eigenvalue weighted by molar-refractivity contribution is 7.20. The lowest BCUT2D eigenvalue weighted by molar-refractivity contribution is -0.154. The van der Waals surface area contributed by atoms with Crippen LogP contribution in [0.2, 0.25) is 10.0 Å². The van der Waals surface area contributed by atoms with Crippen molar-refractivity contribution in [3.63, 3.8) is 0 Å². The van der Waals surface area contributed by atoms with E-state index in [9.17, 15) is 18.0 Å². The summed E-state index contributed by atoms with van der Waals surface area (Å²) in [6.07, 6.45) is -3.53. The second-order valence-corrected chi connectivity index (χ2v) is 8.46. The van der Waals surface area contributed by atoms with Crippen molar-refractivity contribution in [2.45, 2.75) is 6.18 Å². The SMILES string of the molecule is O=C(Nc1nc(OCC(F)(F)F)cnc1-c1ccc(Cl)cc1Cl)c1cc2ccccc2s1. The van der Waals surface area contributed by atoms with Crippen molar-refractivity contribution in [1.29, 1.82) is 0 Å². The fourth-order valence-corrected chi connectivity index (χ4v) is 4.28. The molecule has 2 aromatic heterocycles. The zero-order valence-electron chi connectivity index (χ0n) is 15.9. The lowest BCUT2D eigenvalue weighted by Gasteiger charge is -2.13. The van der Waals surface area contributed by atoms with E-state index in [2.05, 4.69) is 20.0 Å². The largest absolute Gasteiger partial charge is 0.467 e. The first-order valence-corrected chi connectivity index (χ1v) is 10.6. The third-order valence-electron chi connectivity index (χ3n) is 4.20. The normalized spacial score (nSPS) is 11.5. The van der Waals surface area contributed by atoms with E-state index >= 15 is 0 Å². The molecular formula is C21H12Cl2F3N3O2S. The van der Waals surface area contributed by atoms with E-state index in [0.717, 1.165) is 16.3 Å². The van der Waals surface area contributed by atoms with Crippen LogP contribution in [-0.2, 0) is 0 Å². The van der Waals surface area contributed by atoms with Gasteiger partial charge in [-0.3, -0.25) is 4.79 Å². The molecule has 0 bridgehead atoms. The van der Waals surface area contributed by atoms with Gasteiger partial charge in [-0.1, -0.05) is 41.4 Å². The molecule has 4 rings (SSSR count). The van der Waals surface area contributed by atoms with E-state index in [0.29, 0.717) is 15.5 Å². The van der Waals surface area contributed by atoms with E-state index in [-0.39, 0.29) is 16.5 Å². The van der Waals surface area contributed by atoms with Crippen molar-refractivity contribution < 1.29 is 22.7 Å². The van der Waals surface area contributed by atoms with Gasteiger partial charge in [0.2, 0.25) is 5.88 Å². The fraction of sp³-hybridized carbons (Fsp3) is 0.0952. The van der Waals surface area contributed by atoms with Crippen LogP contribution in [-0.4, -0.2) is 28.7 Å². The molecule has 0 fully saturated rings. The summed E-state index contributed by atoms with van der Waals surface area (Å²) < 4.78 is 43.2. The van der Waals surface area contributed by atoms with Gasteiger partial charge in [0.1, 0.15) is 5.69 Å². The summed E-state index contributed by atoms with van der Waals surface area (Å²) in [6.45, 7) is -1.55. The van der Waals surface area contributed by atoms with Crippen LogP contribution in [0.4, 0.5) is 19.0 Å². The van der Waals surface area contributed by atoms with Gasteiger partial charge >= 0.3 is 6.18 Å². The number of ether oxygens (including phenoxy) is 1. The molecule has 11 heteroatoms. The fourth-order valence-electron chi connectivity index (χ4n) is 2.83. The van der Waals surface area contributed by atoms with Gasteiger partial charge in [-0.2, -0.15) is 18.2 Å². The zero-order valence-corrected chi connectivity index (χ0v) is 18.2. The smallest absolute Gasteiger partial charge is 0.422 e. The minimum atomic E-state index is -4.56. The molecule has 4 aromatic rings. The minimum Gasteiger partial charge on any atom is -0.467 e. The molecule has 0 radical (unpaired) electrons. The van der Waals surface area contributed by atoms with Crippen molar-refractivity contribution in [3.05, 3.63) is 69.7 Å². The van der Waals surface area contributed by atoms with Crippen LogP contribution in [0.25, 0.3) is 21.3 Å². The number of benzene rings is 2. The van der Waals surface area contributed by atoms with Gasteiger partial charge in [-0.15, -0.1) is 11.3 Å². The van der Waals surface area contributed by atoms with Crippen LogP contribution in [0.1, 0.15) is 9.67 Å². The number of halogens is 5. The molecule has 0 aliphatic carbocycles. The summed E-state index contributed by atoms with van der Waals surface area (Å²) in [5.41, 5.74) is 0.540. The minimum absolute atomic E-state index is 0.101. The summed E-state index contributed by atoms with van der Waals surface area (Å²) in [4.78, 5) is 21.5. The number of fused-ring (bicyclic) bond motifs is 1. The highest BCUT2D eigenvalue weighted by Crippen LogP contribution is 2.34. The molecule has 0 aliphatic rings. The van der Waals surface area contributed by atoms with Gasteiger partial charge in [0.15, 0.2) is 12.4 Å². The van der Waals surface area contributed by atoms with E-state index in [1.807, 2.05) is 24.3 Å². The van der Waals surface area contributed by atoms with Gasteiger partial charge in [0.05, 0.1) is 16.1 Å². The summed E-state index contributed by atoms with van der Waals surface area (Å²) in [5, 5.41) is 4.11. The van der Waals surface area contributed by atoms with Crippen LogP contribution in [0.3, 0.4) is 0 Å². The first-order chi connectivity index (χ1) is 15.2. The second kappa shape index (κ2) is 8.93. The Morgan fingerprint density at radius 1 is 1.12 bits per heavy atom. The van der Waals surface area contributed by atoms with Gasteiger partial charge in [0.25, 0.3) is 5.91 Å². The molecule has 2 aromatic carbocycles. The first-order valence-electron chi connectivity index (χ1n) is 9.01. The average molecular weight is 498 g/mol. The van der Waals surface area contributed by atoms with E-state index in [1.165, 1.54) is 17.4 Å². The molecule has 0 saturated heterocycles. The van der Waals surface area contributed by atoms with Crippen LogP contribution in [0.15, 0.2) is 54.7 Å². The number of nitrogens with one attached hydrogen (secondary N) is 1. The van der Waals surface area contributed by atoms with Crippen molar-refractivity contribution >= 4 is 56.3 Å². The maximum Gasteiger partial charge on any atom is 0.422 e. The molecule has 0 unspecified atom stereocenters. The number of amides is 1. The number of alkyl halides is 3. The lowest BCUT2D eigenvalue weighted by atomic mass is 10.1. The quantitative estimate of drug-likeness (QED) is 0.327. The molecule has 1 N–H and O–H groups in total. The highest BCUT2D eigenvalue weighted by Gasteiger charge is 2.29. The number of nitrogens with zero attached hydrogens (tertiary/aromatic N) is 2. The molecule has 5 nitrogen and oxygen atoms in total. The zero-order chi connectivity index (χ0) is 22.9. The van der Waals surface area contributed by atoms with Gasteiger partial charge in [-0.25, -0.2) is 4.98 Å². The van der Waals surface area contributed by atoms with E-state index in [1.54, 1.807) is 18.2 Å². The topological polar surface area (TPSA) is 64.1 Å². The number of rotatable bonds is 5. The first kappa shape index (κ1) is 22.3. The standard InChI is InChI=1S/C21H12Cl2F3N3O2S/c22-12-5-6-13(14(23)8-12)18-19(28-17(9-27-18)31-10-21(24,25)26)29-20(30)16-7-11-3-1-2-4-15(11)32-16/h1-9H,10H2,(H,28,29,30). The van der Waals surface area contributed by atoms with Crippen LogP contribution >= 0.6 is 34.5 Å². The summed E-state index contributed by atoms with van der Waals surface area (Å²) in [7, 11) is 0. The Morgan fingerprint density at radius 2 is 1.91 bits per heavy atom. The van der Waals surface area contributed by atoms with Crippen LogP contribution in [0.5, 0.6) is 5.88 Å². The molecule has 32 heavy (non-hydrogen) atoms. The molecule has 2 heterocycles. The van der Waals surface area contributed by atoms with Crippen molar-refractivity contribution in [3.8, 4) is 17.1 Å². The Hall–Kier alpha value is -2.88. The Kier molecular flexibility index (Phi) is 6.23. The Bertz CT molecular complexity index is 1280. The summed E-state index contributed by atoms with van der Waals surface area (Å²) >= 11 is 13.5. The predicted molar refractivity (Wildman–Crippen MR) is 119 cm³/mol. The molecule has 164 valence electrons. The van der Waals surface area contributed by atoms with Crippen molar-refractivity contribution in [1.82, 2.24) is 9.97 Å². The Balaban J connectivity index is 1.71. The third kappa shape index (κ3) is 5.12. The molecule has 0 saturated carbocycles. The summed E-state index contributed by atoms with van der Waals surface area (Å²) in [6, 6.07) is 13.8. The number of carbonyl (C=O) groups is 1. The molecule has 0 atom stereocenters. The van der Waals surface area contributed by atoms with Gasteiger partial charge in [0, 0.05) is 15.3 Å². The molecule has 1 amide bonds. The Morgan fingerprint density at radius 3 is 2.62 bits per heavy atom. The third-order valence-corrected chi connectivity index (χ3v) is 5.86. The van der Waals surface area contributed by atoms with E-state index < -0.39 is 24.6 Å².